The van der Waals surface area contributed by atoms with Gasteiger partial charge in [0, 0.05) is 11.8 Å². The molecule has 0 heterocycles. The van der Waals surface area contributed by atoms with Crippen LogP contribution in [0, 0.1) is 5.41 Å². The number of hydrogen-bond donors (Lipinski definition) is 0. The van der Waals surface area contributed by atoms with Crippen LogP contribution in [0.15, 0.2) is 30.3 Å². The first-order chi connectivity index (χ1) is 6.21. The zero-order valence-electron chi connectivity index (χ0n) is 7.92. The molecule has 1 aliphatic carbocycles. The lowest BCUT2D eigenvalue weighted by Crippen LogP contribution is -2.39. The van der Waals surface area contributed by atoms with Crippen molar-refractivity contribution in [2.45, 2.75) is 26.2 Å². The topological polar surface area (TPSA) is 17.1 Å². The Bertz CT molecular complexity index is 315. The second-order valence-corrected chi connectivity index (χ2v) is 4.15. The van der Waals surface area contributed by atoms with Gasteiger partial charge in [-0.15, -0.1) is 0 Å². The van der Waals surface area contributed by atoms with E-state index in [4.69, 9.17) is 0 Å². The van der Waals surface area contributed by atoms with E-state index in [1.807, 2.05) is 18.2 Å². The van der Waals surface area contributed by atoms with Gasteiger partial charge in [0.25, 0.3) is 0 Å². The van der Waals surface area contributed by atoms with Gasteiger partial charge in [-0.05, 0) is 18.4 Å². The fourth-order valence-electron chi connectivity index (χ4n) is 1.89. The predicted octanol–water partition coefficient (Wildman–Crippen LogP) is 2.60. The lowest BCUT2D eigenvalue weighted by Gasteiger charge is -2.36. The van der Waals surface area contributed by atoms with Crippen LogP contribution in [0.1, 0.15) is 25.3 Å². The molecule has 1 unspecified atom stereocenters. The fraction of sp³-hybridized carbons (Fsp3) is 0.417. The third-order valence-electron chi connectivity index (χ3n) is 3.01. The maximum absolute atomic E-state index is 11.4. The summed E-state index contributed by atoms with van der Waals surface area (Å²) in [4.78, 5) is 11.4. The van der Waals surface area contributed by atoms with Gasteiger partial charge < -0.3 is 0 Å². The van der Waals surface area contributed by atoms with Crippen LogP contribution < -0.4 is 0 Å². The number of Topliss-reactive ketones (excluding diaryl/α,β-unsaturated/α-hetero) is 1. The van der Waals surface area contributed by atoms with E-state index >= 15 is 0 Å². The summed E-state index contributed by atoms with van der Waals surface area (Å²) in [6.45, 7) is 2.08. The molecule has 0 radical (unpaired) electrons. The standard InChI is InChI=1S/C12H14O/c1-12(8-7-11(12)13)9-10-5-3-2-4-6-10/h2-6H,7-9H2,1H3. The smallest absolute Gasteiger partial charge is 0.139 e. The molecule has 1 fully saturated rings. The van der Waals surface area contributed by atoms with Crippen molar-refractivity contribution in [2.75, 3.05) is 0 Å². The summed E-state index contributed by atoms with van der Waals surface area (Å²) in [6.07, 6.45) is 2.75. The zero-order chi connectivity index (χ0) is 9.31. The summed E-state index contributed by atoms with van der Waals surface area (Å²) in [5.41, 5.74) is 1.22. The molecule has 1 nitrogen and oxygen atoms in total. The van der Waals surface area contributed by atoms with Gasteiger partial charge in [-0.1, -0.05) is 37.3 Å². The van der Waals surface area contributed by atoms with Crippen molar-refractivity contribution in [1.29, 1.82) is 0 Å². The van der Waals surface area contributed by atoms with E-state index in [-0.39, 0.29) is 5.41 Å². The summed E-state index contributed by atoms with van der Waals surface area (Å²) in [7, 11) is 0. The van der Waals surface area contributed by atoms with Crippen LogP contribution >= 0.6 is 0 Å². The van der Waals surface area contributed by atoms with Crippen LogP contribution in [0.4, 0.5) is 0 Å². The van der Waals surface area contributed by atoms with Gasteiger partial charge in [0.05, 0.1) is 0 Å². The van der Waals surface area contributed by atoms with Gasteiger partial charge in [-0.25, -0.2) is 0 Å². The minimum Gasteiger partial charge on any atom is -0.299 e. The Hall–Kier alpha value is -1.11. The molecule has 1 aromatic carbocycles. The molecule has 1 heteroatoms. The lowest BCUT2D eigenvalue weighted by molar-refractivity contribution is -0.136. The van der Waals surface area contributed by atoms with Gasteiger partial charge in [0.2, 0.25) is 0 Å². The Morgan fingerprint density at radius 1 is 1.31 bits per heavy atom. The number of benzene rings is 1. The third kappa shape index (κ3) is 1.51. The van der Waals surface area contributed by atoms with Gasteiger partial charge in [0.1, 0.15) is 5.78 Å². The highest BCUT2D eigenvalue weighted by atomic mass is 16.1. The second kappa shape index (κ2) is 2.99. The second-order valence-electron chi connectivity index (χ2n) is 4.15. The van der Waals surface area contributed by atoms with Crippen LogP contribution in [-0.4, -0.2) is 5.78 Å². The van der Waals surface area contributed by atoms with Gasteiger partial charge >= 0.3 is 0 Å². The minimum atomic E-state index is -0.0542. The molecule has 0 spiro atoms. The van der Waals surface area contributed by atoms with Crippen molar-refractivity contribution in [3.05, 3.63) is 35.9 Å². The molecule has 13 heavy (non-hydrogen) atoms. The summed E-state index contributed by atoms with van der Waals surface area (Å²) in [6, 6.07) is 10.3. The summed E-state index contributed by atoms with van der Waals surface area (Å²) in [5.74, 6) is 0.427. The molecule has 0 aliphatic heterocycles. The average Bonchev–Trinajstić information content (AvgIpc) is 2.17. The molecule has 1 aliphatic rings. The highest BCUT2D eigenvalue weighted by Crippen LogP contribution is 2.39. The van der Waals surface area contributed by atoms with Crippen LogP contribution in [0.5, 0.6) is 0 Å². The maximum atomic E-state index is 11.4. The molecule has 1 atom stereocenters. The third-order valence-corrected chi connectivity index (χ3v) is 3.01. The zero-order valence-corrected chi connectivity index (χ0v) is 7.92. The normalized spacial score (nSPS) is 27.0. The maximum Gasteiger partial charge on any atom is 0.139 e. The van der Waals surface area contributed by atoms with E-state index in [0.717, 1.165) is 19.3 Å². The number of carbonyl (C=O) groups excluding carboxylic acids is 1. The molecular weight excluding hydrogens is 160 g/mol. The van der Waals surface area contributed by atoms with Gasteiger partial charge in [-0.3, -0.25) is 4.79 Å². The molecule has 0 N–H and O–H groups in total. The van der Waals surface area contributed by atoms with Crippen LogP contribution in [0.25, 0.3) is 0 Å². The predicted molar refractivity (Wildman–Crippen MR) is 52.5 cm³/mol. The van der Waals surface area contributed by atoms with Crippen molar-refractivity contribution in [3.8, 4) is 0 Å². The first-order valence-electron chi connectivity index (χ1n) is 4.78. The van der Waals surface area contributed by atoms with E-state index in [1.165, 1.54) is 5.56 Å². The Kier molecular flexibility index (Phi) is 1.95. The van der Waals surface area contributed by atoms with Crippen LogP contribution in [-0.2, 0) is 11.2 Å². The van der Waals surface area contributed by atoms with E-state index in [2.05, 4.69) is 19.1 Å². The van der Waals surface area contributed by atoms with Crippen LogP contribution in [0.2, 0.25) is 0 Å². The van der Waals surface area contributed by atoms with Crippen molar-refractivity contribution in [2.24, 2.45) is 5.41 Å². The Morgan fingerprint density at radius 3 is 2.46 bits per heavy atom. The summed E-state index contributed by atoms with van der Waals surface area (Å²) < 4.78 is 0. The molecule has 1 aromatic rings. The SMILES string of the molecule is CC1(Cc2ccccc2)CCC1=O. The number of hydrogen-bond acceptors (Lipinski definition) is 1. The van der Waals surface area contributed by atoms with Crippen molar-refractivity contribution in [3.63, 3.8) is 0 Å². The monoisotopic (exact) mass is 174 g/mol. The molecular formula is C12H14O. The van der Waals surface area contributed by atoms with Gasteiger partial charge in [-0.2, -0.15) is 0 Å². The van der Waals surface area contributed by atoms with Crippen LogP contribution in [0.3, 0.4) is 0 Å². The first kappa shape index (κ1) is 8.49. The molecule has 0 amide bonds. The lowest BCUT2D eigenvalue weighted by atomic mass is 9.66. The van der Waals surface area contributed by atoms with Crippen molar-refractivity contribution < 1.29 is 4.79 Å². The Balaban J connectivity index is 2.11. The highest BCUT2D eigenvalue weighted by molar-refractivity contribution is 5.90. The number of ketones is 1. The average molecular weight is 174 g/mol. The Morgan fingerprint density at radius 2 is 2.00 bits per heavy atom. The van der Waals surface area contributed by atoms with E-state index in [1.54, 1.807) is 0 Å². The molecule has 0 saturated heterocycles. The molecule has 68 valence electrons. The van der Waals surface area contributed by atoms with E-state index in [9.17, 15) is 4.79 Å². The largest absolute Gasteiger partial charge is 0.299 e. The van der Waals surface area contributed by atoms with Gasteiger partial charge in [0.15, 0.2) is 0 Å². The quantitative estimate of drug-likeness (QED) is 0.673. The summed E-state index contributed by atoms with van der Waals surface area (Å²) in [5, 5.41) is 0. The number of rotatable bonds is 2. The molecule has 0 aromatic heterocycles. The van der Waals surface area contributed by atoms with Crippen molar-refractivity contribution in [1.82, 2.24) is 0 Å². The van der Waals surface area contributed by atoms with Crippen molar-refractivity contribution >= 4 is 5.78 Å². The Labute approximate surface area is 78.8 Å². The fourth-order valence-corrected chi connectivity index (χ4v) is 1.89. The molecule has 0 bridgehead atoms. The van der Waals surface area contributed by atoms with E-state index < -0.39 is 0 Å². The number of carbonyl (C=O) groups is 1. The first-order valence-corrected chi connectivity index (χ1v) is 4.78. The summed E-state index contributed by atoms with van der Waals surface area (Å²) >= 11 is 0. The molecule has 2 rings (SSSR count). The highest BCUT2D eigenvalue weighted by Gasteiger charge is 2.40. The van der Waals surface area contributed by atoms with E-state index in [0.29, 0.717) is 5.78 Å². The molecule has 1 saturated carbocycles. The minimum absolute atomic E-state index is 0.0542.